The smallest absolute Gasteiger partial charge is 0.354 e. The molecule has 0 spiro atoms. The van der Waals surface area contributed by atoms with Crippen molar-refractivity contribution in [1.82, 2.24) is 24.7 Å². The summed E-state index contributed by atoms with van der Waals surface area (Å²) in [6, 6.07) is 11.4. The Balaban J connectivity index is 1.25. The van der Waals surface area contributed by atoms with E-state index in [1.54, 1.807) is 54.6 Å². The number of pyridine rings is 1. The number of anilines is 3. The minimum Gasteiger partial charge on any atom is -0.354 e. The summed E-state index contributed by atoms with van der Waals surface area (Å²) in [5.41, 5.74) is 1.80. The van der Waals surface area contributed by atoms with Crippen LogP contribution in [-0.4, -0.2) is 37.3 Å². The van der Waals surface area contributed by atoms with E-state index >= 15 is 0 Å². The Morgan fingerprint density at radius 3 is 2.48 bits per heavy atom. The van der Waals surface area contributed by atoms with Crippen molar-refractivity contribution in [3.05, 3.63) is 90.1 Å². The van der Waals surface area contributed by atoms with E-state index in [9.17, 15) is 22.4 Å². The first-order chi connectivity index (χ1) is 19.2. The van der Waals surface area contributed by atoms with Gasteiger partial charge in [0.1, 0.15) is 11.5 Å². The van der Waals surface area contributed by atoms with Gasteiger partial charge < -0.3 is 16.0 Å². The van der Waals surface area contributed by atoms with E-state index < -0.39 is 29.3 Å². The third-order valence-corrected chi connectivity index (χ3v) is 5.98. The Bertz CT molecular complexity index is 1650. The van der Waals surface area contributed by atoms with E-state index in [4.69, 9.17) is 0 Å². The lowest BCUT2D eigenvalue weighted by atomic mass is 10.1. The largest absolute Gasteiger partial charge is 0.416 e. The van der Waals surface area contributed by atoms with Crippen molar-refractivity contribution in [1.29, 1.82) is 0 Å². The second-order valence-electron chi connectivity index (χ2n) is 8.78. The van der Waals surface area contributed by atoms with Crippen molar-refractivity contribution in [2.24, 2.45) is 7.05 Å². The van der Waals surface area contributed by atoms with E-state index in [-0.39, 0.29) is 0 Å². The van der Waals surface area contributed by atoms with Crippen molar-refractivity contribution in [2.45, 2.75) is 12.6 Å². The van der Waals surface area contributed by atoms with Gasteiger partial charge in [0.25, 0.3) is 0 Å². The molecule has 3 heterocycles. The van der Waals surface area contributed by atoms with E-state index in [1.807, 2.05) is 12.1 Å². The molecule has 2 aromatic carbocycles. The van der Waals surface area contributed by atoms with Crippen LogP contribution >= 0.6 is 0 Å². The molecule has 0 unspecified atom stereocenters. The number of carbonyl (C=O) groups is 1. The molecule has 0 aliphatic carbocycles. The average Bonchev–Trinajstić information content (AvgIpc) is 3.26. The minimum atomic E-state index is -4.67. The summed E-state index contributed by atoms with van der Waals surface area (Å²) in [7, 11) is 1.77. The molecule has 40 heavy (non-hydrogen) atoms. The van der Waals surface area contributed by atoms with Gasteiger partial charge >= 0.3 is 12.2 Å². The molecule has 0 fully saturated rings. The molecule has 5 rings (SSSR count). The van der Waals surface area contributed by atoms with Crippen molar-refractivity contribution in [2.75, 3.05) is 22.5 Å². The molecule has 0 saturated heterocycles. The number of nitrogens with one attached hydrogen (secondary N) is 3. The highest BCUT2D eigenvalue weighted by Gasteiger charge is 2.31. The van der Waals surface area contributed by atoms with Gasteiger partial charge in [0.05, 0.1) is 16.6 Å². The highest BCUT2D eigenvalue weighted by molar-refractivity contribution is 6.00. The lowest BCUT2D eigenvalue weighted by molar-refractivity contribution is -0.137. The fourth-order valence-corrected chi connectivity index (χ4v) is 4.00. The Morgan fingerprint density at radius 1 is 1.00 bits per heavy atom. The molecule has 9 nitrogen and oxygen atoms in total. The average molecular weight is 551 g/mol. The van der Waals surface area contributed by atoms with Crippen LogP contribution in [0.5, 0.6) is 0 Å². The fraction of sp³-hybridized carbons (Fsp3) is 0.148. The van der Waals surface area contributed by atoms with Gasteiger partial charge in [0.15, 0.2) is 5.65 Å². The number of rotatable bonds is 7. The number of nitrogens with zero attached hydrogens (tertiary/aromatic N) is 5. The molecule has 3 aromatic heterocycles. The van der Waals surface area contributed by atoms with Gasteiger partial charge in [-0.3, -0.25) is 4.98 Å². The number of urea groups is 1. The van der Waals surface area contributed by atoms with Crippen LogP contribution in [0.25, 0.3) is 22.3 Å². The van der Waals surface area contributed by atoms with Gasteiger partial charge in [-0.25, -0.2) is 18.9 Å². The summed E-state index contributed by atoms with van der Waals surface area (Å²) < 4.78 is 54.3. The molecular weight excluding hydrogens is 528 g/mol. The first-order valence-corrected chi connectivity index (χ1v) is 12.0. The summed E-state index contributed by atoms with van der Waals surface area (Å²) >= 11 is 0. The number of alkyl halides is 3. The molecule has 0 radical (unpaired) electrons. The maximum absolute atomic E-state index is 13.9. The van der Waals surface area contributed by atoms with Crippen LogP contribution < -0.4 is 16.0 Å². The highest BCUT2D eigenvalue weighted by Crippen LogP contribution is 2.32. The second-order valence-corrected chi connectivity index (χ2v) is 8.78. The number of hydrogen-bond acceptors (Lipinski definition) is 6. The molecule has 0 bridgehead atoms. The molecule has 2 amide bonds. The van der Waals surface area contributed by atoms with Crippen molar-refractivity contribution >= 4 is 34.4 Å². The summed E-state index contributed by atoms with van der Waals surface area (Å²) in [5.74, 6) is -0.520. The summed E-state index contributed by atoms with van der Waals surface area (Å²) in [6.45, 7) is 0.642. The van der Waals surface area contributed by atoms with E-state index in [0.29, 0.717) is 47.7 Å². The number of hydrogen-bond donors (Lipinski definition) is 3. The molecular formula is C27H22F4N8O. The van der Waals surface area contributed by atoms with Crippen LogP contribution in [0.2, 0.25) is 0 Å². The van der Waals surface area contributed by atoms with E-state index in [1.165, 1.54) is 0 Å². The van der Waals surface area contributed by atoms with Gasteiger partial charge in [-0.1, -0.05) is 12.1 Å². The molecule has 204 valence electrons. The van der Waals surface area contributed by atoms with Gasteiger partial charge in [0, 0.05) is 43.4 Å². The number of aromatic nitrogens is 5. The zero-order valence-corrected chi connectivity index (χ0v) is 21.0. The fourth-order valence-electron chi connectivity index (χ4n) is 4.00. The number of aryl methyl sites for hydroxylation is 1. The summed E-state index contributed by atoms with van der Waals surface area (Å²) in [4.78, 5) is 25.3. The number of benzene rings is 2. The van der Waals surface area contributed by atoms with Crippen LogP contribution in [0.15, 0.2) is 73.2 Å². The van der Waals surface area contributed by atoms with Crippen LogP contribution in [0, 0.1) is 5.82 Å². The van der Waals surface area contributed by atoms with Gasteiger partial charge in [-0.05, 0) is 54.4 Å². The Hall–Kier alpha value is -5.07. The van der Waals surface area contributed by atoms with Crippen LogP contribution in [0.1, 0.15) is 11.1 Å². The molecule has 0 aliphatic heterocycles. The van der Waals surface area contributed by atoms with Crippen LogP contribution in [0.3, 0.4) is 0 Å². The summed E-state index contributed by atoms with van der Waals surface area (Å²) in [5, 5.41) is 13.1. The predicted octanol–water partition coefficient (Wildman–Crippen LogP) is 5.88. The lowest BCUT2D eigenvalue weighted by Crippen LogP contribution is -2.20. The van der Waals surface area contributed by atoms with Crippen LogP contribution in [-0.2, 0) is 19.6 Å². The van der Waals surface area contributed by atoms with Crippen molar-refractivity contribution in [3.63, 3.8) is 0 Å². The Labute approximate surface area is 225 Å². The van der Waals surface area contributed by atoms with Gasteiger partial charge in [-0.2, -0.15) is 23.3 Å². The molecule has 5 aromatic rings. The quantitative estimate of drug-likeness (QED) is 0.218. The topological polar surface area (TPSA) is 110 Å². The molecule has 3 N–H and O–H groups in total. The zero-order chi connectivity index (χ0) is 28.3. The summed E-state index contributed by atoms with van der Waals surface area (Å²) in [6.07, 6.45) is 1.29. The van der Waals surface area contributed by atoms with E-state index in [2.05, 4.69) is 36.0 Å². The Morgan fingerprint density at radius 2 is 1.75 bits per heavy atom. The van der Waals surface area contributed by atoms with Crippen molar-refractivity contribution in [3.8, 4) is 11.3 Å². The number of carbonyl (C=O) groups excluding carboxylic acids is 1. The van der Waals surface area contributed by atoms with Crippen molar-refractivity contribution < 1.29 is 22.4 Å². The number of amides is 2. The first kappa shape index (κ1) is 26.5. The second kappa shape index (κ2) is 11.0. The molecule has 0 aliphatic rings. The third-order valence-electron chi connectivity index (χ3n) is 5.98. The van der Waals surface area contributed by atoms with Gasteiger partial charge in [-0.15, -0.1) is 0 Å². The van der Waals surface area contributed by atoms with Crippen LogP contribution in [0.4, 0.5) is 39.7 Å². The molecule has 13 heteroatoms. The molecule has 0 saturated carbocycles. The predicted molar refractivity (Wildman–Crippen MR) is 142 cm³/mol. The van der Waals surface area contributed by atoms with Gasteiger partial charge in [0.2, 0.25) is 5.95 Å². The standard InChI is InChI=1S/C27H22F4N8O/c1-39-24-20(15-34-25(37-24)33-13-10-16-8-11-32-12-9-16)23(38-39)17-2-5-19(6-3-17)35-26(40)36-22-14-18(27(29,30)31)4-7-21(22)28/h2-9,11-12,14-15H,10,13H2,1H3,(H,33,34,37)(H2,35,36,40). The first-order valence-electron chi connectivity index (χ1n) is 12.0. The number of fused-ring (bicyclic) bond motifs is 1. The Kier molecular flexibility index (Phi) is 7.27. The number of halogens is 4. The normalized spacial score (nSPS) is 11.4. The third kappa shape index (κ3) is 5.98. The highest BCUT2D eigenvalue weighted by atomic mass is 19.4. The maximum atomic E-state index is 13.9. The van der Waals surface area contributed by atoms with E-state index in [0.717, 1.165) is 22.9 Å². The molecule has 0 atom stereocenters. The lowest BCUT2D eigenvalue weighted by Gasteiger charge is -2.12. The zero-order valence-electron chi connectivity index (χ0n) is 21.0. The minimum absolute atomic E-state index is 0.339. The SMILES string of the molecule is Cn1nc(-c2ccc(NC(=O)Nc3cc(C(F)(F)F)ccc3F)cc2)c2cnc(NCCc3ccncc3)nc21. The maximum Gasteiger partial charge on any atom is 0.416 e. The monoisotopic (exact) mass is 550 g/mol.